The molecule has 0 fully saturated rings. The average Bonchev–Trinajstić information content (AvgIpc) is 2.32. The number of unbranched alkanes of at least 4 members (excludes halogenated alkanes) is 1. The summed E-state index contributed by atoms with van der Waals surface area (Å²) in [6, 6.07) is -0.395. The number of hydrogen-bond acceptors (Lipinski definition) is 3. The van der Waals surface area contributed by atoms with Gasteiger partial charge >= 0.3 is 6.18 Å². The number of methoxy groups -OCH3 is 1. The molecular formula is C12H23F3N2O2. The number of ether oxygens (including phenoxy) is 1. The Morgan fingerprint density at radius 3 is 2.47 bits per heavy atom. The Hall–Kier alpha value is -0.820. The van der Waals surface area contributed by atoms with Crippen LogP contribution in [0.1, 0.15) is 32.6 Å². The predicted octanol–water partition coefficient (Wildman–Crippen LogP) is 1.85. The summed E-state index contributed by atoms with van der Waals surface area (Å²) in [5.41, 5.74) is 0. The predicted molar refractivity (Wildman–Crippen MR) is 66.9 cm³/mol. The Morgan fingerprint density at radius 2 is 1.89 bits per heavy atom. The minimum atomic E-state index is -4.09. The Kier molecular flexibility index (Phi) is 9.59. The highest BCUT2D eigenvalue weighted by Gasteiger charge is 2.25. The SMILES string of the molecule is COCCCNC(=O)C(C)NCCCCC(F)(F)F. The van der Waals surface area contributed by atoms with Crippen LogP contribution in [0.4, 0.5) is 13.2 Å². The van der Waals surface area contributed by atoms with Crippen LogP contribution in [-0.2, 0) is 9.53 Å². The van der Waals surface area contributed by atoms with Crippen molar-refractivity contribution in [3.63, 3.8) is 0 Å². The van der Waals surface area contributed by atoms with Crippen LogP contribution in [0.15, 0.2) is 0 Å². The summed E-state index contributed by atoms with van der Waals surface area (Å²) in [5, 5.41) is 5.62. The number of rotatable bonds is 10. The summed E-state index contributed by atoms with van der Waals surface area (Å²) < 4.78 is 40.5. The molecule has 0 rings (SSSR count). The number of alkyl halides is 3. The standard InChI is InChI=1S/C12H23F3N2O2/c1-10(11(18)17-8-5-9-19-2)16-7-4-3-6-12(13,14)15/h10,16H,3-9H2,1-2H3,(H,17,18). The van der Waals surface area contributed by atoms with Crippen LogP contribution in [0.25, 0.3) is 0 Å². The lowest BCUT2D eigenvalue weighted by molar-refractivity contribution is -0.135. The molecule has 1 atom stereocenters. The van der Waals surface area contributed by atoms with Gasteiger partial charge in [-0.15, -0.1) is 0 Å². The maximum Gasteiger partial charge on any atom is 0.389 e. The first-order valence-corrected chi connectivity index (χ1v) is 6.43. The molecule has 0 saturated carbocycles. The van der Waals surface area contributed by atoms with Gasteiger partial charge in [-0.3, -0.25) is 4.79 Å². The van der Waals surface area contributed by atoms with Gasteiger partial charge in [0, 0.05) is 26.7 Å². The van der Waals surface area contributed by atoms with E-state index in [1.54, 1.807) is 14.0 Å². The second-order valence-corrected chi connectivity index (χ2v) is 4.39. The second kappa shape index (κ2) is 10.0. The van der Waals surface area contributed by atoms with Crippen molar-refractivity contribution in [2.45, 2.75) is 44.8 Å². The molecule has 1 unspecified atom stereocenters. The molecular weight excluding hydrogens is 261 g/mol. The second-order valence-electron chi connectivity index (χ2n) is 4.39. The van der Waals surface area contributed by atoms with E-state index in [2.05, 4.69) is 10.6 Å². The number of nitrogens with one attached hydrogen (secondary N) is 2. The van der Waals surface area contributed by atoms with Crippen LogP contribution in [0, 0.1) is 0 Å². The van der Waals surface area contributed by atoms with Gasteiger partial charge in [-0.1, -0.05) is 0 Å². The van der Waals surface area contributed by atoms with Crippen molar-refractivity contribution in [2.75, 3.05) is 26.8 Å². The molecule has 4 nitrogen and oxygen atoms in total. The normalized spacial score (nSPS) is 13.3. The fourth-order valence-electron chi connectivity index (χ4n) is 1.44. The van der Waals surface area contributed by atoms with Gasteiger partial charge < -0.3 is 15.4 Å². The molecule has 0 spiro atoms. The van der Waals surface area contributed by atoms with Crippen molar-refractivity contribution in [3.05, 3.63) is 0 Å². The summed E-state index contributed by atoms with van der Waals surface area (Å²) in [5.74, 6) is -0.146. The van der Waals surface area contributed by atoms with Crippen LogP contribution in [0.3, 0.4) is 0 Å². The molecule has 0 radical (unpaired) electrons. The average molecular weight is 284 g/mol. The molecule has 0 aromatic carbocycles. The third kappa shape index (κ3) is 12.0. The van der Waals surface area contributed by atoms with Gasteiger partial charge in [-0.05, 0) is 32.7 Å². The lowest BCUT2D eigenvalue weighted by Gasteiger charge is -2.14. The highest BCUT2D eigenvalue weighted by molar-refractivity contribution is 5.81. The fraction of sp³-hybridized carbons (Fsp3) is 0.917. The van der Waals surface area contributed by atoms with Crippen molar-refractivity contribution < 1.29 is 22.7 Å². The molecule has 0 aromatic rings. The van der Waals surface area contributed by atoms with E-state index in [9.17, 15) is 18.0 Å². The number of hydrogen-bond donors (Lipinski definition) is 2. The number of carbonyl (C=O) groups is 1. The Morgan fingerprint density at radius 1 is 1.21 bits per heavy atom. The first-order chi connectivity index (χ1) is 8.87. The zero-order valence-electron chi connectivity index (χ0n) is 11.5. The highest BCUT2D eigenvalue weighted by atomic mass is 19.4. The molecule has 0 saturated heterocycles. The quantitative estimate of drug-likeness (QED) is 0.602. The summed E-state index contributed by atoms with van der Waals surface area (Å²) in [6.07, 6.45) is -3.64. The highest BCUT2D eigenvalue weighted by Crippen LogP contribution is 2.21. The fourth-order valence-corrected chi connectivity index (χ4v) is 1.44. The largest absolute Gasteiger partial charge is 0.389 e. The Labute approximate surface area is 112 Å². The van der Waals surface area contributed by atoms with E-state index in [1.807, 2.05) is 0 Å². The van der Waals surface area contributed by atoms with E-state index in [1.165, 1.54) is 0 Å². The van der Waals surface area contributed by atoms with Crippen LogP contribution in [-0.4, -0.2) is 44.9 Å². The van der Waals surface area contributed by atoms with Crippen LogP contribution in [0.5, 0.6) is 0 Å². The molecule has 114 valence electrons. The van der Waals surface area contributed by atoms with Gasteiger partial charge in [0.05, 0.1) is 6.04 Å². The van der Waals surface area contributed by atoms with Gasteiger partial charge in [0.1, 0.15) is 0 Å². The molecule has 0 aliphatic heterocycles. The molecule has 0 heterocycles. The monoisotopic (exact) mass is 284 g/mol. The summed E-state index contributed by atoms with van der Waals surface area (Å²) >= 11 is 0. The lowest BCUT2D eigenvalue weighted by atomic mass is 10.2. The van der Waals surface area contributed by atoms with Gasteiger partial charge in [0.25, 0.3) is 0 Å². The van der Waals surface area contributed by atoms with Gasteiger partial charge in [-0.2, -0.15) is 13.2 Å². The summed E-state index contributed by atoms with van der Waals surface area (Å²) in [7, 11) is 1.59. The summed E-state index contributed by atoms with van der Waals surface area (Å²) in [6.45, 7) is 3.21. The van der Waals surface area contributed by atoms with Crippen molar-refractivity contribution in [1.82, 2.24) is 10.6 Å². The van der Waals surface area contributed by atoms with E-state index >= 15 is 0 Å². The Bertz CT molecular complexity index is 248. The maximum absolute atomic E-state index is 11.9. The van der Waals surface area contributed by atoms with Crippen LogP contribution in [0.2, 0.25) is 0 Å². The zero-order valence-corrected chi connectivity index (χ0v) is 11.5. The van der Waals surface area contributed by atoms with E-state index < -0.39 is 18.6 Å². The van der Waals surface area contributed by atoms with Gasteiger partial charge in [0.2, 0.25) is 5.91 Å². The minimum absolute atomic E-state index is 0.0820. The lowest BCUT2D eigenvalue weighted by Crippen LogP contribution is -2.42. The molecule has 2 N–H and O–H groups in total. The van der Waals surface area contributed by atoms with Gasteiger partial charge in [-0.25, -0.2) is 0 Å². The Balaban J connectivity index is 3.51. The van der Waals surface area contributed by atoms with Crippen molar-refractivity contribution in [2.24, 2.45) is 0 Å². The van der Waals surface area contributed by atoms with Crippen LogP contribution < -0.4 is 10.6 Å². The molecule has 0 aliphatic rings. The minimum Gasteiger partial charge on any atom is -0.385 e. The van der Waals surface area contributed by atoms with Crippen molar-refractivity contribution >= 4 is 5.91 Å². The maximum atomic E-state index is 11.9. The number of halogens is 3. The summed E-state index contributed by atoms with van der Waals surface area (Å²) in [4.78, 5) is 11.5. The molecule has 1 amide bonds. The number of carbonyl (C=O) groups excluding carboxylic acids is 1. The van der Waals surface area contributed by atoms with E-state index in [-0.39, 0.29) is 12.3 Å². The third-order valence-electron chi connectivity index (χ3n) is 2.56. The van der Waals surface area contributed by atoms with E-state index in [0.717, 1.165) is 6.42 Å². The topological polar surface area (TPSA) is 50.4 Å². The molecule has 0 aromatic heterocycles. The third-order valence-corrected chi connectivity index (χ3v) is 2.56. The molecule has 7 heteroatoms. The first kappa shape index (κ1) is 18.2. The van der Waals surface area contributed by atoms with Crippen molar-refractivity contribution in [1.29, 1.82) is 0 Å². The van der Waals surface area contributed by atoms with Crippen LogP contribution >= 0.6 is 0 Å². The smallest absolute Gasteiger partial charge is 0.385 e. The van der Waals surface area contributed by atoms with Crippen molar-refractivity contribution in [3.8, 4) is 0 Å². The zero-order chi connectivity index (χ0) is 14.7. The number of amides is 1. The molecule has 0 aliphatic carbocycles. The van der Waals surface area contributed by atoms with E-state index in [4.69, 9.17) is 4.74 Å². The first-order valence-electron chi connectivity index (χ1n) is 6.43. The van der Waals surface area contributed by atoms with E-state index in [0.29, 0.717) is 26.1 Å². The van der Waals surface area contributed by atoms with Gasteiger partial charge in [0.15, 0.2) is 0 Å². The molecule has 19 heavy (non-hydrogen) atoms. The molecule has 0 bridgehead atoms.